The van der Waals surface area contributed by atoms with Gasteiger partial charge in [-0.15, -0.1) is 0 Å². The van der Waals surface area contributed by atoms with Crippen molar-refractivity contribution in [1.82, 2.24) is 14.6 Å². The molecule has 180 valence electrons. The van der Waals surface area contributed by atoms with Crippen LogP contribution in [0.4, 0.5) is 11.5 Å². The third kappa shape index (κ3) is 4.26. The van der Waals surface area contributed by atoms with Gasteiger partial charge in [0.15, 0.2) is 5.65 Å². The van der Waals surface area contributed by atoms with Gasteiger partial charge in [0.25, 0.3) is 0 Å². The summed E-state index contributed by atoms with van der Waals surface area (Å²) < 4.78 is 7.32. The van der Waals surface area contributed by atoms with Gasteiger partial charge in [0.2, 0.25) is 0 Å². The van der Waals surface area contributed by atoms with E-state index in [1.54, 1.807) is 7.11 Å². The summed E-state index contributed by atoms with van der Waals surface area (Å²) >= 11 is 0. The second kappa shape index (κ2) is 9.38. The van der Waals surface area contributed by atoms with Crippen molar-refractivity contribution in [2.24, 2.45) is 0 Å². The maximum atomic E-state index is 5.32. The summed E-state index contributed by atoms with van der Waals surface area (Å²) in [4.78, 5) is 9.84. The van der Waals surface area contributed by atoms with E-state index in [1.807, 2.05) is 22.7 Å². The Balaban J connectivity index is 1.35. The molecule has 1 saturated heterocycles. The molecule has 0 radical (unpaired) electrons. The summed E-state index contributed by atoms with van der Waals surface area (Å²) in [5, 5.41) is 5.00. The molecule has 1 aliphatic rings. The molecule has 6 nitrogen and oxygen atoms in total. The average molecular weight is 476 g/mol. The van der Waals surface area contributed by atoms with E-state index >= 15 is 0 Å². The molecule has 36 heavy (non-hydrogen) atoms. The van der Waals surface area contributed by atoms with Crippen molar-refractivity contribution < 1.29 is 4.74 Å². The maximum Gasteiger partial charge on any atom is 0.158 e. The number of piperazine rings is 1. The van der Waals surface area contributed by atoms with Crippen LogP contribution in [0.1, 0.15) is 5.56 Å². The second-order valence-corrected chi connectivity index (χ2v) is 9.20. The molecule has 1 fully saturated rings. The Morgan fingerprint density at radius 1 is 0.694 bits per heavy atom. The van der Waals surface area contributed by atoms with E-state index in [0.717, 1.165) is 65.9 Å². The third-order valence-corrected chi connectivity index (χ3v) is 6.87. The number of hydrogen-bond donors (Lipinski definition) is 0. The zero-order chi connectivity index (χ0) is 24.5. The van der Waals surface area contributed by atoms with Crippen LogP contribution >= 0.6 is 0 Å². The first-order valence-corrected chi connectivity index (χ1v) is 12.4. The van der Waals surface area contributed by atoms with E-state index in [4.69, 9.17) is 14.8 Å². The molecule has 0 amide bonds. The summed E-state index contributed by atoms with van der Waals surface area (Å²) in [6, 6.07) is 31.5. The average Bonchev–Trinajstić information content (AvgIpc) is 3.38. The molecular formula is C30H29N5O. The topological polar surface area (TPSA) is 45.9 Å². The van der Waals surface area contributed by atoms with Crippen LogP contribution in [0.25, 0.3) is 28.2 Å². The lowest BCUT2D eigenvalue weighted by Gasteiger charge is -2.37. The molecule has 0 aliphatic carbocycles. The van der Waals surface area contributed by atoms with Crippen LogP contribution in [0, 0.1) is 6.92 Å². The summed E-state index contributed by atoms with van der Waals surface area (Å²) in [6.45, 7) is 5.77. The summed E-state index contributed by atoms with van der Waals surface area (Å²) in [5.41, 5.74) is 7.43. The minimum absolute atomic E-state index is 0.861. The van der Waals surface area contributed by atoms with Crippen molar-refractivity contribution in [2.75, 3.05) is 43.1 Å². The molecule has 0 bridgehead atoms. The fourth-order valence-electron chi connectivity index (χ4n) is 4.79. The first-order valence-electron chi connectivity index (χ1n) is 12.4. The monoisotopic (exact) mass is 475 g/mol. The highest BCUT2D eigenvalue weighted by molar-refractivity contribution is 5.71. The summed E-state index contributed by atoms with van der Waals surface area (Å²) in [5.74, 6) is 1.96. The van der Waals surface area contributed by atoms with Crippen LogP contribution in [0.15, 0.2) is 91.0 Å². The minimum Gasteiger partial charge on any atom is -0.497 e. The number of ether oxygens (including phenoxy) is 1. The predicted molar refractivity (Wildman–Crippen MR) is 146 cm³/mol. The Kier molecular flexibility index (Phi) is 5.77. The summed E-state index contributed by atoms with van der Waals surface area (Å²) in [7, 11) is 1.70. The third-order valence-electron chi connectivity index (χ3n) is 6.87. The van der Waals surface area contributed by atoms with Crippen LogP contribution in [0.5, 0.6) is 5.75 Å². The van der Waals surface area contributed by atoms with Gasteiger partial charge in [-0.05, 0) is 31.2 Å². The van der Waals surface area contributed by atoms with Gasteiger partial charge in [-0.2, -0.15) is 9.61 Å². The van der Waals surface area contributed by atoms with Crippen molar-refractivity contribution >= 4 is 17.2 Å². The van der Waals surface area contributed by atoms with E-state index < -0.39 is 0 Å². The molecule has 0 unspecified atom stereocenters. The van der Waals surface area contributed by atoms with E-state index in [2.05, 4.69) is 89.5 Å². The second-order valence-electron chi connectivity index (χ2n) is 9.20. The van der Waals surface area contributed by atoms with Gasteiger partial charge in [0, 0.05) is 55.1 Å². The molecular weight excluding hydrogens is 446 g/mol. The smallest absolute Gasteiger partial charge is 0.158 e. The Labute approximate surface area is 211 Å². The van der Waals surface area contributed by atoms with Gasteiger partial charge >= 0.3 is 0 Å². The van der Waals surface area contributed by atoms with Gasteiger partial charge in [0.1, 0.15) is 11.6 Å². The minimum atomic E-state index is 0.861. The molecule has 2 aromatic heterocycles. The van der Waals surface area contributed by atoms with E-state index in [1.165, 1.54) is 11.3 Å². The Bertz CT molecular complexity index is 1470. The largest absolute Gasteiger partial charge is 0.497 e. The first kappa shape index (κ1) is 22.2. The first-order chi connectivity index (χ1) is 17.7. The molecule has 3 heterocycles. The SMILES string of the molecule is COc1ccc(N2CCN(c3cc(-c4ccccc4)nc4cc(-c5ccc(C)cc5)nn34)CC2)cc1. The Morgan fingerprint density at radius 3 is 2.06 bits per heavy atom. The number of aromatic nitrogens is 3. The molecule has 0 N–H and O–H groups in total. The zero-order valence-electron chi connectivity index (χ0n) is 20.6. The van der Waals surface area contributed by atoms with Gasteiger partial charge in [-0.25, -0.2) is 4.98 Å². The zero-order valence-corrected chi connectivity index (χ0v) is 20.6. The Morgan fingerprint density at radius 2 is 1.36 bits per heavy atom. The van der Waals surface area contributed by atoms with Crippen LogP contribution in [0.3, 0.4) is 0 Å². The van der Waals surface area contributed by atoms with Crippen molar-refractivity contribution in [1.29, 1.82) is 0 Å². The number of anilines is 2. The number of methoxy groups -OCH3 is 1. The number of hydrogen-bond acceptors (Lipinski definition) is 5. The molecule has 1 aliphatic heterocycles. The molecule has 5 aromatic rings. The van der Waals surface area contributed by atoms with E-state index in [-0.39, 0.29) is 0 Å². The lowest BCUT2D eigenvalue weighted by Crippen LogP contribution is -2.47. The maximum absolute atomic E-state index is 5.32. The quantitative estimate of drug-likeness (QED) is 0.326. The molecule has 6 heteroatoms. The van der Waals surface area contributed by atoms with Crippen molar-refractivity contribution in [3.63, 3.8) is 0 Å². The fraction of sp³-hybridized carbons (Fsp3) is 0.200. The lowest BCUT2D eigenvalue weighted by atomic mass is 10.1. The van der Waals surface area contributed by atoms with Gasteiger partial charge < -0.3 is 14.5 Å². The highest BCUT2D eigenvalue weighted by atomic mass is 16.5. The van der Waals surface area contributed by atoms with Gasteiger partial charge in [-0.1, -0.05) is 60.2 Å². The van der Waals surface area contributed by atoms with Crippen LogP contribution in [-0.2, 0) is 0 Å². The summed E-state index contributed by atoms with van der Waals surface area (Å²) in [6.07, 6.45) is 0. The number of fused-ring (bicyclic) bond motifs is 1. The van der Waals surface area contributed by atoms with Gasteiger partial charge in [-0.3, -0.25) is 0 Å². The highest BCUT2D eigenvalue weighted by Gasteiger charge is 2.22. The van der Waals surface area contributed by atoms with Gasteiger partial charge in [0.05, 0.1) is 18.5 Å². The van der Waals surface area contributed by atoms with Crippen LogP contribution in [-0.4, -0.2) is 47.9 Å². The highest BCUT2D eigenvalue weighted by Crippen LogP contribution is 2.29. The molecule has 0 saturated carbocycles. The van der Waals surface area contributed by atoms with E-state index in [0.29, 0.717) is 0 Å². The molecule has 0 spiro atoms. The van der Waals surface area contributed by atoms with Crippen molar-refractivity contribution in [3.05, 3.63) is 96.6 Å². The standard InChI is InChI=1S/C30H29N5O/c1-22-8-10-24(11-9-22)28-20-29-31-27(23-6-4-3-5-7-23)21-30(35(29)32-28)34-18-16-33(17-19-34)25-12-14-26(36-2)15-13-25/h3-15,20-21H,16-19H2,1-2H3. The molecule has 0 atom stereocenters. The van der Waals surface area contributed by atoms with Crippen molar-refractivity contribution in [2.45, 2.75) is 6.92 Å². The molecule has 6 rings (SSSR count). The molecule has 3 aromatic carbocycles. The normalized spacial score (nSPS) is 13.8. The number of aryl methyl sites for hydroxylation is 1. The number of rotatable bonds is 5. The van der Waals surface area contributed by atoms with Crippen LogP contribution in [0.2, 0.25) is 0 Å². The van der Waals surface area contributed by atoms with Crippen LogP contribution < -0.4 is 14.5 Å². The number of nitrogens with zero attached hydrogens (tertiary/aromatic N) is 5. The predicted octanol–water partition coefficient (Wildman–Crippen LogP) is 5.71. The Hall–Kier alpha value is -4.32. The van der Waals surface area contributed by atoms with E-state index in [9.17, 15) is 0 Å². The fourth-order valence-corrected chi connectivity index (χ4v) is 4.79. The lowest BCUT2D eigenvalue weighted by molar-refractivity contribution is 0.415. The van der Waals surface area contributed by atoms with Crippen molar-refractivity contribution in [3.8, 4) is 28.3 Å². The number of benzene rings is 3.